The van der Waals surface area contributed by atoms with Crippen molar-refractivity contribution in [1.82, 2.24) is 14.8 Å². The number of para-hydroxylation sites is 1. The van der Waals surface area contributed by atoms with Crippen LogP contribution in [0.3, 0.4) is 0 Å². The average molecular weight is 329 g/mol. The van der Waals surface area contributed by atoms with Crippen molar-refractivity contribution >= 4 is 17.7 Å². The summed E-state index contributed by atoms with van der Waals surface area (Å²) in [5.41, 5.74) is 1.06. The highest BCUT2D eigenvalue weighted by Crippen LogP contribution is 2.27. The molecule has 1 aromatic heterocycles. The maximum absolute atomic E-state index is 8.66. The van der Waals surface area contributed by atoms with E-state index in [-0.39, 0.29) is 0 Å². The van der Waals surface area contributed by atoms with Crippen LogP contribution in [0, 0.1) is 11.3 Å². The van der Waals surface area contributed by atoms with Gasteiger partial charge in [0.2, 0.25) is 5.95 Å². The third kappa shape index (κ3) is 3.84. The molecule has 0 radical (unpaired) electrons. The maximum atomic E-state index is 8.66. The molecule has 3 rings (SSSR count). The van der Waals surface area contributed by atoms with Crippen molar-refractivity contribution in [3.05, 3.63) is 30.3 Å². The Morgan fingerprint density at radius 3 is 2.70 bits per heavy atom. The lowest BCUT2D eigenvalue weighted by Crippen LogP contribution is -2.37. The van der Waals surface area contributed by atoms with Gasteiger partial charge < -0.3 is 9.64 Å². The standard InChI is InChI=1S/C16H19N5OS/c17-8-4-5-13-23-16-19-18-15(20-9-11-22-12-10-20)21(16)14-6-2-1-3-7-14/h1-3,6-7H,4-5,9-13H2. The monoisotopic (exact) mass is 329 g/mol. The lowest BCUT2D eigenvalue weighted by Gasteiger charge is -2.27. The first-order valence-electron chi connectivity index (χ1n) is 7.73. The van der Waals surface area contributed by atoms with Gasteiger partial charge in [-0.05, 0) is 18.6 Å². The van der Waals surface area contributed by atoms with Crippen LogP contribution in [0.4, 0.5) is 5.95 Å². The fraction of sp³-hybridized carbons (Fsp3) is 0.438. The number of unbranched alkanes of at least 4 members (excludes halogenated alkanes) is 1. The number of benzene rings is 1. The third-order valence-electron chi connectivity index (χ3n) is 3.59. The fourth-order valence-corrected chi connectivity index (χ4v) is 3.33. The SMILES string of the molecule is N#CCCCSc1nnc(N2CCOCC2)n1-c1ccccc1. The molecule has 1 aliphatic heterocycles. The van der Waals surface area contributed by atoms with E-state index in [2.05, 4.69) is 37.9 Å². The Labute approximate surface area is 140 Å². The Balaban J connectivity index is 1.87. The van der Waals surface area contributed by atoms with Crippen LogP contribution in [0.25, 0.3) is 5.69 Å². The van der Waals surface area contributed by atoms with Gasteiger partial charge in [-0.1, -0.05) is 30.0 Å². The van der Waals surface area contributed by atoms with Crippen LogP contribution in [0.2, 0.25) is 0 Å². The van der Waals surface area contributed by atoms with Crippen molar-refractivity contribution in [1.29, 1.82) is 5.26 Å². The minimum absolute atomic E-state index is 0.572. The second-order valence-corrected chi connectivity index (χ2v) is 6.23. The van der Waals surface area contributed by atoms with E-state index < -0.39 is 0 Å². The number of nitriles is 1. The highest BCUT2D eigenvalue weighted by atomic mass is 32.2. The molecular weight excluding hydrogens is 310 g/mol. The summed E-state index contributed by atoms with van der Waals surface area (Å²) in [6.45, 7) is 3.08. The Bertz CT molecular complexity index is 661. The number of nitrogens with zero attached hydrogens (tertiary/aromatic N) is 5. The van der Waals surface area contributed by atoms with Crippen molar-refractivity contribution < 1.29 is 4.74 Å². The molecule has 6 nitrogen and oxygen atoms in total. The molecule has 0 unspecified atom stereocenters. The first-order chi connectivity index (χ1) is 11.4. The molecule has 0 aliphatic carbocycles. The normalized spacial score (nSPS) is 14.7. The number of hydrogen-bond donors (Lipinski definition) is 0. The van der Waals surface area contributed by atoms with Crippen molar-refractivity contribution in [3.63, 3.8) is 0 Å². The van der Waals surface area contributed by atoms with Crippen molar-refractivity contribution in [2.45, 2.75) is 18.0 Å². The molecule has 23 heavy (non-hydrogen) atoms. The number of rotatable bonds is 6. The van der Waals surface area contributed by atoms with Crippen LogP contribution >= 0.6 is 11.8 Å². The van der Waals surface area contributed by atoms with E-state index in [0.717, 1.165) is 42.1 Å². The lowest BCUT2D eigenvalue weighted by atomic mass is 10.3. The lowest BCUT2D eigenvalue weighted by molar-refractivity contribution is 0.122. The highest BCUT2D eigenvalue weighted by Gasteiger charge is 2.21. The van der Waals surface area contributed by atoms with Gasteiger partial charge in [-0.2, -0.15) is 5.26 Å². The number of anilines is 1. The molecule has 1 aromatic carbocycles. The van der Waals surface area contributed by atoms with Crippen LogP contribution in [0.1, 0.15) is 12.8 Å². The summed E-state index contributed by atoms with van der Waals surface area (Å²) in [6.07, 6.45) is 1.43. The van der Waals surface area contributed by atoms with Gasteiger partial charge in [0.05, 0.1) is 25.0 Å². The molecule has 0 saturated carbocycles. The summed E-state index contributed by atoms with van der Waals surface area (Å²) in [5.74, 6) is 1.73. The summed E-state index contributed by atoms with van der Waals surface area (Å²) >= 11 is 1.65. The number of aromatic nitrogens is 3. The van der Waals surface area contributed by atoms with Gasteiger partial charge in [0.1, 0.15) is 0 Å². The molecule has 0 atom stereocenters. The van der Waals surface area contributed by atoms with Crippen LogP contribution in [0.5, 0.6) is 0 Å². The minimum atomic E-state index is 0.572. The van der Waals surface area contributed by atoms with Gasteiger partial charge in [0.15, 0.2) is 5.16 Å². The van der Waals surface area contributed by atoms with Crippen LogP contribution < -0.4 is 4.90 Å². The Morgan fingerprint density at radius 1 is 1.17 bits per heavy atom. The predicted octanol–water partition coefficient (Wildman–Crippen LogP) is 2.50. The van der Waals surface area contributed by atoms with Gasteiger partial charge in [-0.25, -0.2) is 0 Å². The van der Waals surface area contributed by atoms with Crippen LogP contribution in [-0.2, 0) is 4.74 Å². The number of hydrogen-bond acceptors (Lipinski definition) is 6. The van der Waals surface area contributed by atoms with Gasteiger partial charge in [-0.3, -0.25) is 4.57 Å². The second-order valence-electron chi connectivity index (χ2n) is 5.16. The molecule has 120 valence electrons. The molecule has 1 fully saturated rings. The van der Waals surface area contributed by atoms with Crippen LogP contribution in [0.15, 0.2) is 35.5 Å². The van der Waals surface area contributed by atoms with Crippen molar-refractivity contribution in [3.8, 4) is 11.8 Å². The van der Waals surface area contributed by atoms with Crippen molar-refractivity contribution in [2.24, 2.45) is 0 Å². The zero-order valence-corrected chi connectivity index (χ0v) is 13.7. The molecule has 1 aliphatic rings. The first kappa shape index (κ1) is 15.8. The van der Waals surface area contributed by atoms with Gasteiger partial charge in [0.25, 0.3) is 0 Å². The minimum Gasteiger partial charge on any atom is -0.378 e. The second kappa shape index (κ2) is 7.99. The molecule has 0 amide bonds. The maximum Gasteiger partial charge on any atom is 0.232 e. The van der Waals surface area contributed by atoms with E-state index >= 15 is 0 Å². The molecule has 0 bridgehead atoms. The summed E-state index contributed by atoms with van der Waals surface area (Å²) in [5, 5.41) is 18.3. The molecule has 2 aromatic rings. The predicted molar refractivity (Wildman–Crippen MR) is 90.0 cm³/mol. The molecule has 7 heteroatoms. The van der Waals surface area contributed by atoms with Crippen LogP contribution in [-0.4, -0.2) is 46.8 Å². The summed E-state index contributed by atoms with van der Waals surface area (Å²) in [7, 11) is 0. The van der Waals surface area contributed by atoms with Gasteiger partial charge in [-0.15, -0.1) is 10.2 Å². The summed E-state index contributed by atoms with van der Waals surface area (Å²) in [6, 6.07) is 12.3. The Hall–Kier alpha value is -2.04. The number of morpholine rings is 1. The average Bonchev–Trinajstić information content (AvgIpc) is 3.04. The Kier molecular flexibility index (Phi) is 5.51. The Morgan fingerprint density at radius 2 is 1.96 bits per heavy atom. The highest BCUT2D eigenvalue weighted by molar-refractivity contribution is 7.99. The van der Waals surface area contributed by atoms with E-state index in [0.29, 0.717) is 19.6 Å². The van der Waals surface area contributed by atoms with E-state index in [1.54, 1.807) is 11.8 Å². The topological polar surface area (TPSA) is 67.0 Å². The largest absolute Gasteiger partial charge is 0.378 e. The van der Waals surface area contributed by atoms with Crippen molar-refractivity contribution in [2.75, 3.05) is 37.0 Å². The quantitative estimate of drug-likeness (QED) is 0.599. The fourth-order valence-electron chi connectivity index (χ4n) is 2.44. The zero-order valence-electron chi connectivity index (χ0n) is 12.9. The number of ether oxygens (including phenoxy) is 1. The van der Waals surface area contributed by atoms with E-state index in [1.165, 1.54) is 0 Å². The molecule has 0 N–H and O–H groups in total. The number of thioether (sulfide) groups is 1. The van der Waals surface area contributed by atoms with Gasteiger partial charge in [0, 0.05) is 25.3 Å². The molecule has 0 spiro atoms. The third-order valence-corrected chi connectivity index (χ3v) is 4.60. The molecular formula is C16H19N5OS. The zero-order chi connectivity index (χ0) is 15.9. The summed E-state index contributed by atoms with van der Waals surface area (Å²) in [4.78, 5) is 2.21. The van der Waals surface area contributed by atoms with Gasteiger partial charge >= 0.3 is 0 Å². The molecule has 1 saturated heterocycles. The summed E-state index contributed by atoms with van der Waals surface area (Å²) < 4.78 is 7.53. The van der Waals surface area contributed by atoms with E-state index in [1.807, 2.05) is 18.2 Å². The smallest absolute Gasteiger partial charge is 0.232 e. The first-order valence-corrected chi connectivity index (χ1v) is 8.72. The van der Waals surface area contributed by atoms with E-state index in [4.69, 9.17) is 10.00 Å². The van der Waals surface area contributed by atoms with E-state index in [9.17, 15) is 0 Å². The molecule has 2 heterocycles.